The maximum absolute atomic E-state index is 9.83. The van der Waals surface area contributed by atoms with Gasteiger partial charge in [0.25, 0.3) is 0 Å². The molecule has 1 aromatic carbocycles. The number of rotatable bonds is 4. The van der Waals surface area contributed by atoms with Crippen LogP contribution in [0.25, 0.3) is 11.2 Å². The average molecular weight is 451 g/mol. The van der Waals surface area contributed by atoms with Gasteiger partial charge in [0.15, 0.2) is 17.0 Å². The largest absolute Gasteiger partial charge is 0.507 e. The normalized spacial score (nSPS) is 17.7. The Hall–Kier alpha value is -1.94. The zero-order valence-electron chi connectivity index (χ0n) is 13.5. The van der Waals surface area contributed by atoms with E-state index in [-0.39, 0.29) is 12.0 Å². The Bertz CT molecular complexity index is 892. The molecule has 1 fully saturated rings. The standard InChI is InChI=1S/C17H18IN5O2/c18-12-5-4-11(7-13(12)24)8-19-16-15-17(21-9-20-16)23(10-22-15)14-3-1-2-6-25-14/h4-5,7,9-10,14,24H,1-3,6,8H2,(H,19,20,21). The summed E-state index contributed by atoms with van der Waals surface area (Å²) in [5.74, 6) is 0.962. The molecule has 0 aliphatic carbocycles. The summed E-state index contributed by atoms with van der Waals surface area (Å²) in [6.07, 6.45) is 6.54. The Morgan fingerprint density at radius 1 is 1.28 bits per heavy atom. The number of ether oxygens (including phenoxy) is 1. The van der Waals surface area contributed by atoms with Crippen molar-refractivity contribution in [3.8, 4) is 5.75 Å². The summed E-state index contributed by atoms with van der Waals surface area (Å²) in [7, 11) is 0. The Morgan fingerprint density at radius 3 is 3.00 bits per heavy atom. The van der Waals surface area contributed by atoms with Gasteiger partial charge in [0.2, 0.25) is 0 Å². The van der Waals surface area contributed by atoms with E-state index in [2.05, 4.69) is 42.9 Å². The summed E-state index contributed by atoms with van der Waals surface area (Å²) in [6, 6.07) is 5.61. The summed E-state index contributed by atoms with van der Waals surface area (Å²) in [4.78, 5) is 13.2. The first-order chi connectivity index (χ1) is 12.2. The molecule has 2 N–H and O–H groups in total. The highest BCUT2D eigenvalue weighted by molar-refractivity contribution is 14.1. The predicted octanol–water partition coefficient (Wildman–Crippen LogP) is 3.45. The number of aromatic hydroxyl groups is 1. The number of nitrogens with zero attached hydrogens (tertiary/aromatic N) is 4. The molecule has 1 saturated heterocycles. The lowest BCUT2D eigenvalue weighted by Crippen LogP contribution is -2.17. The topological polar surface area (TPSA) is 85.1 Å². The second-order valence-corrected chi connectivity index (χ2v) is 7.17. The minimum Gasteiger partial charge on any atom is -0.507 e. The van der Waals surface area contributed by atoms with Gasteiger partial charge in [-0.3, -0.25) is 4.57 Å². The van der Waals surface area contributed by atoms with Gasteiger partial charge in [-0.1, -0.05) is 6.07 Å². The molecule has 1 atom stereocenters. The number of aromatic nitrogens is 4. The monoisotopic (exact) mass is 451 g/mol. The summed E-state index contributed by atoms with van der Waals surface area (Å²) in [6.45, 7) is 1.32. The number of phenolic OH excluding ortho intramolecular Hbond substituents is 1. The first kappa shape index (κ1) is 16.5. The van der Waals surface area contributed by atoms with Crippen LogP contribution in [0.3, 0.4) is 0 Å². The first-order valence-corrected chi connectivity index (χ1v) is 9.30. The van der Waals surface area contributed by atoms with E-state index in [4.69, 9.17) is 4.74 Å². The van der Waals surface area contributed by atoms with Crippen LogP contribution in [0.1, 0.15) is 31.1 Å². The van der Waals surface area contributed by atoms with E-state index in [0.29, 0.717) is 12.4 Å². The number of imidazole rings is 1. The number of halogens is 1. The van der Waals surface area contributed by atoms with Crippen molar-refractivity contribution in [2.75, 3.05) is 11.9 Å². The molecule has 25 heavy (non-hydrogen) atoms. The van der Waals surface area contributed by atoms with E-state index in [9.17, 15) is 5.11 Å². The summed E-state index contributed by atoms with van der Waals surface area (Å²) >= 11 is 2.10. The second-order valence-electron chi connectivity index (χ2n) is 6.01. The van der Waals surface area contributed by atoms with Crippen LogP contribution in [0.4, 0.5) is 5.82 Å². The van der Waals surface area contributed by atoms with Gasteiger partial charge in [0, 0.05) is 13.2 Å². The van der Waals surface area contributed by atoms with Gasteiger partial charge in [-0.2, -0.15) is 0 Å². The molecule has 2 aromatic heterocycles. The maximum Gasteiger partial charge on any atom is 0.167 e. The van der Waals surface area contributed by atoms with E-state index in [1.54, 1.807) is 12.4 Å². The van der Waals surface area contributed by atoms with Crippen LogP contribution in [0.5, 0.6) is 5.75 Å². The van der Waals surface area contributed by atoms with Gasteiger partial charge in [0.1, 0.15) is 18.3 Å². The third kappa shape index (κ3) is 3.40. The van der Waals surface area contributed by atoms with E-state index >= 15 is 0 Å². The van der Waals surface area contributed by atoms with Crippen LogP contribution >= 0.6 is 22.6 Å². The molecule has 4 rings (SSSR count). The van der Waals surface area contributed by atoms with Crippen LogP contribution in [-0.4, -0.2) is 31.2 Å². The second kappa shape index (κ2) is 7.12. The van der Waals surface area contributed by atoms with Gasteiger partial charge in [0.05, 0.1) is 9.90 Å². The van der Waals surface area contributed by atoms with Crippen LogP contribution in [0.15, 0.2) is 30.9 Å². The number of hydrogen-bond donors (Lipinski definition) is 2. The van der Waals surface area contributed by atoms with Crippen LogP contribution in [0.2, 0.25) is 0 Å². The molecular weight excluding hydrogens is 433 g/mol. The smallest absolute Gasteiger partial charge is 0.167 e. The van der Waals surface area contributed by atoms with Crippen molar-refractivity contribution in [3.05, 3.63) is 40.0 Å². The summed E-state index contributed by atoms with van der Waals surface area (Å²) < 4.78 is 8.65. The number of anilines is 1. The van der Waals surface area contributed by atoms with Crippen molar-refractivity contribution in [2.45, 2.75) is 32.0 Å². The van der Waals surface area contributed by atoms with Gasteiger partial charge >= 0.3 is 0 Å². The lowest BCUT2D eigenvalue weighted by molar-refractivity contribution is -0.0298. The molecule has 0 spiro atoms. The number of fused-ring (bicyclic) bond motifs is 1. The quantitative estimate of drug-likeness (QED) is 0.592. The minimum absolute atomic E-state index is 0.00496. The molecular formula is C17H18IN5O2. The van der Waals surface area contributed by atoms with E-state index < -0.39 is 0 Å². The molecule has 1 aliphatic rings. The molecule has 1 unspecified atom stereocenters. The molecule has 8 heteroatoms. The highest BCUT2D eigenvalue weighted by atomic mass is 127. The number of hydrogen-bond acceptors (Lipinski definition) is 6. The van der Waals surface area contributed by atoms with Crippen LogP contribution < -0.4 is 5.32 Å². The van der Waals surface area contributed by atoms with Crippen molar-refractivity contribution >= 4 is 39.6 Å². The van der Waals surface area contributed by atoms with Crippen molar-refractivity contribution < 1.29 is 9.84 Å². The molecule has 7 nitrogen and oxygen atoms in total. The van der Waals surface area contributed by atoms with Crippen molar-refractivity contribution in [2.24, 2.45) is 0 Å². The molecule has 0 saturated carbocycles. The third-order valence-corrected chi connectivity index (χ3v) is 5.21. The summed E-state index contributed by atoms with van der Waals surface area (Å²) in [5, 5.41) is 13.1. The fourth-order valence-electron chi connectivity index (χ4n) is 2.99. The van der Waals surface area contributed by atoms with Gasteiger partial charge < -0.3 is 15.2 Å². The Balaban J connectivity index is 1.57. The van der Waals surface area contributed by atoms with Crippen LogP contribution in [-0.2, 0) is 11.3 Å². The molecule has 0 radical (unpaired) electrons. The lowest BCUT2D eigenvalue weighted by atomic mass is 10.2. The summed E-state index contributed by atoms with van der Waals surface area (Å²) in [5.41, 5.74) is 2.47. The molecule has 3 heterocycles. The zero-order valence-corrected chi connectivity index (χ0v) is 15.7. The highest BCUT2D eigenvalue weighted by Crippen LogP contribution is 2.27. The minimum atomic E-state index is -0.00496. The Kier molecular flexibility index (Phi) is 4.71. The maximum atomic E-state index is 9.83. The Labute approximate surface area is 158 Å². The van der Waals surface area contributed by atoms with Crippen LogP contribution in [0, 0.1) is 3.57 Å². The molecule has 3 aromatic rings. The number of benzene rings is 1. The van der Waals surface area contributed by atoms with E-state index in [0.717, 1.165) is 46.2 Å². The van der Waals surface area contributed by atoms with E-state index in [1.165, 1.54) is 6.33 Å². The molecule has 130 valence electrons. The van der Waals surface area contributed by atoms with Crippen molar-refractivity contribution in [1.29, 1.82) is 0 Å². The van der Waals surface area contributed by atoms with Gasteiger partial charge in [-0.05, 0) is 59.5 Å². The molecule has 0 bridgehead atoms. The first-order valence-electron chi connectivity index (χ1n) is 8.23. The number of nitrogens with one attached hydrogen (secondary N) is 1. The lowest BCUT2D eigenvalue weighted by Gasteiger charge is -2.23. The van der Waals surface area contributed by atoms with Crippen molar-refractivity contribution in [3.63, 3.8) is 0 Å². The third-order valence-electron chi connectivity index (χ3n) is 4.30. The fourth-order valence-corrected chi connectivity index (χ4v) is 3.32. The van der Waals surface area contributed by atoms with Gasteiger partial charge in [-0.25, -0.2) is 15.0 Å². The number of phenols is 1. The molecule has 1 aliphatic heterocycles. The highest BCUT2D eigenvalue weighted by Gasteiger charge is 2.20. The zero-order chi connectivity index (χ0) is 17.2. The predicted molar refractivity (Wildman–Crippen MR) is 102 cm³/mol. The average Bonchev–Trinajstić information content (AvgIpc) is 3.08. The van der Waals surface area contributed by atoms with E-state index in [1.807, 2.05) is 16.7 Å². The Morgan fingerprint density at radius 2 is 2.20 bits per heavy atom. The fraction of sp³-hybridized carbons (Fsp3) is 0.353. The SMILES string of the molecule is Oc1cc(CNc2ncnc3c2ncn3C2CCCCO2)ccc1I. The molecule has 0 amide bonds. The van der Waals surface area contributed by atoms with Crippen molar-refractivity contribution in [1.82, 2.24) is 19.5 Å². The van der Waals surface area contributed by atoms with Gasteiger partial charge in [-0.15, -0.1) is 0 Å².